The van der Waals surface area contributed by atoms with E-state index in [9.17, 15) is 0 Å². The topological polar surface area (TPSA) is 66.1 Å². The largest absolute Gasteiger partial charge is 0.379 e. The molecule has 0 spiro atoms. The van der Waals surface area contributed by atoms with Crippen molar-refractivity contribution >= 4 is 40.1 Å². The summed E-state index contributed by atoms with van der Waals surface area (Å²) in [5.74, 6) is 0.748. The van der Waals surface area contributed by atoms with Gasteiger partial charge < -0.3 is 15.0 Å². The molecule has 2 aromatic carbocycles. The number of anilines is 1. The summed E-state index contributed by atoms with van der Waals surface area (Å²) < 4.78 is 5.43. The molecule has 2 N–H and O–H groups in total. The first-order chi connectivity index (χ1) is 15.7. The molecular weight excluding hydrogens is 445 g/mol. The molecule has 1 saturated heterocycles. The molecule has 4 aromatic rings. The fourth-order valence-corrected chi connectivity index (χ4v) is 4.28. The standard InChI is InChI=1S/C24H23Cl2N5O/c25-19-5-6-21(26)18(11-19)13-27-23-20-12-22(30-24(20)29-15-28-23)17-3-1-16(2-4-17)14-31-7-9-32-10-8-31/h1-6,11-12,15H,7-10,13-14H2,(H2,27,28,29,30). The number of aromatic nitrogens is 3. The van der Waals surface area contributed by atoms with Crippen LogP contribution in [0.2, 0.25) is 10.0 Å². The summed E-state index contributed by atoms with van der Waals surface area (Å²) >= 11 is 12.4. The molecule has 2 aromatic heterocycles. The van der Waals surface area contributed by atoms with Gasteiger partial charge in [-0.05, 0) is 41.0 Å². The normalized spacial score (nSPS) is 14.7. The minimum atomic E-state index is 0.516. The van der Waals surface area contributed by atoms with E-state index >= 15 is 0 Å². The first kappa shape index (κ1) is 21.2. The van der Waals surface area contributed by atoms with Crippen LogP contribution in [-0.2, 0) is 17.8 Å². The minimum Gasteiger partial charge on any atom is -0.379 e. The number of halogens is 2. The van der Waals surface area contributed by atoms with Gasteiger partial charge in [-0.3, -0.25) is 4.90 Å². The molecule has 1 fully saturated rings. The average molecular weight is 468 g/mol. The number of hydrogen-bond donors (Lipinski definition) is 2. The number of nitrogens with zero attached hydrogens (tertiary/aromatic N) is 3. The summed E-state index contributed by atoms with van der Waals surface area (Å²) in [7, 11) is 0. The highest BCUT2D eigenvalue weighted by Crippen LogP contribution is 2.28. The number of hydrogen-bond acceptors (Lipinski definition) is 5. The summed E-state index contributed by atoms with van der Waals surface area (Å²) in [6.45, 7) is 5.06. The fraction of sp³-hybridized carbons (Fsp3) is 0.250. The molecule has 1 aliphatic heterocycles. The second-order valence-electron chi connectivity index (χ2n) is 7.84. The van der Waals surface area contributed by atoms with E-state index in [-0.39, 0.29) is 0 Å². The molecule has 0 atom stereocenters. The molecule has 0 amide bonds. The van der Waals surface area contributed by atoms with Gasteiger partial charge in [0, 0.05) is 41.9 Å². The van der Waals surface area contributed by atoms with Crippen molar-refractivity contribution in [2.45, 2.75) is 13.1 Å². The van der Waals surface area contributed by atoms with E-state index < -0.39 is 0 Å². The molecule has 0 aliphatic carbocycles. The number of morpholine rings is 1. The lowest BCUT2D eigenvalue weighted by Crippen LogP contribution is -2.35. The van der Waals surface area contributed by atoms with E-state index in [1.165, 1.54) is 5.56 Å². The van der Waals surface area contributed by atoms with Crippen molar-refractivity contribution < 1.29 is 4.74 Å². The first-order valence-corrected chi connectivity index (χ1v) is 11.3. The molecule has 8 heteroatoms. The van der Waals surface area contributed by atoms with Crippen LogP contribution >= 0.6 is 23.2 Å². The summed E-state index contributed by atoms with van der Waals surface area (Å²) in [5.41, 5.74) is 5.11. The predicted molar refractivity (Wildman–Crippen MR) is 129 cm³/mol. The molecular formula is C24H23Cl2N5O. The Bertz CT molecular complexity index is 1220. The van der Waals surface area contributed by atoms with Crippen LogP contribution in [0, 0.1) is 0 Å². The third-order valence-electron chi connectivity index (χ3n) is 5.65. The van der Waals surface area contributed by atoms with Crippen molar-refractivity contribution in [1.29, 1.82) is 0 Å². The van der Waals surface area contributed by atoms with Crippen LogP contribution < -0.4 is 5.32 Å². The predicted octanol–water partition coefficient (Wildman–Crippen LogP) is 5.38. The van der Waals surface area contributed by atoms with Gasteiger partial charge in [0.25, 0.3) is 0 Å². The van der Waals surface area contributed by atoms with Crippen molar-refractivity contribution in [2.75, 3.05) is 31.6 Å². The Kier molecular flexibility index (Phi) is 6.28. The third kappa shape index (κ3) is 4.74. The van der Waals surface area contributed by atoms with Crippen molar-refractivity contribution in [3.8, 4) is 11.3 Å². The number of benzene rings is 2. The molecule has 164 valence electrons. The van der Waals surface area contributed by atoms with Gasteiger partial charge in [0.15, 0.2) is 0 Å². The number of H-pyrrole nitrogens is 1. The van der Waals surface area contributed by atoms with Gasteiger partial charge in [-0.25, -0.2) is 9.97 Å². The van der Waals surface area contributed by atoms with Crippen LogP contribution in [0.5, 0.6) is 0 Å². The van der Waals surface area contributed by atoms with E-state index in [1.807, 2.05) is 6.07 Å². The summed E-state index contributed by atoms with van der Waals surface area (Å²) in [6, 6.07) is 16.2. The Morgan fingerprint density at radius 3 is 2.62 bits per heavy atom. The zero-order valence-electron chi connectivity index (χ0n) is 17.4. The molecule has 0 bridgehead atoms. The van der Waals surface area contributed by atoms with Crippen molar-refractivity contribution in [1.82, 2.24) is 19.9 Å². The van der Waals surface area contributed by atoms with E-state index in [0.717, 1.165) is 66.5 Å². The number of nitrogens with one attached hydrogen (secondary N) is 2. The highest BCUT2D eigenvalue weighted by atomic mass is 35.5. The van der Waals surface area contributed by atoms with Crippen LogP contribution in [0.15, 0.2) is 54.9 Å². The molecule has 0 saturated carbocycles. The SMILES string of the molecule is Clc1ccc(Cl)c(CNc2ncnc3[nH]c(-c4ccc(CN5CCOCC5)cc4)cc23)c1. The molecule has 1 aliphatic rings. The first-order valence-electron chi connectivity index (χ1n) is 10.6. The van der Waals surface area contributed by atoms with Crippen molar-refractivity contribution in [3.63, 3.8) is 0 Å². The van der Waals surface area contributed by atoms with E-state index in [1.54, 1.807) is 18.5 Å². The quantitative estimate of drug-likeness (QED) is 0.398. The highest BCUT2D eigenvalue weighted by Gasteiger charge is 2.12. The fourth-order valence-electron chi connectivity index (χ4n) is 3.90. The number of aromatic amines is 1. The van der Waals surface area contributed by atoms with Crippen LogP contribution in [0.25, 0.3) is 22.3 Å². The van der Waals surface area contributed by atoms with E-state index in [2.05, 4.69) is 55.5 Å². The maximum Gasteiger partial charge on any atom is 0.143 e. The number of ether oxygens (including phenoxy) is 1. The highest BCUT2D eigenvalue weighted by molar-refractivity contribution is 6.33. The zero-order valence-corrected chi connectivity index (χ0v) is 19.0. The molecule has 5 rings (SSSR count). The smallest absolute Gasteiger partial charge is 0.143 e. The summed E-state index contributed by atoms with van der Waals surface area (Å²) in [4.78, 5) is 14.6. The Morgan fingerprint density at radius 2 is 1.81 bits per heavy atom. The van der Waals surface area contributed by atoms with Crippen LogP contribution in [0.3, 0.4) is 0 Å². The Labute approximate surface area is 196 Å². The second kappa shape index (κ2) is 9.46. The maximum atomic E-state index is 6.29. The van der Waals surface area contributed by atoms with E-state index in [4.69, 9.17) is 27.9 Å². The van der Waals surface area contributed by atoms with Crippen molar-refractivity contribution in [3.05, 3.63) is 76.0 Å². The van der Waals surface area contributed by atoms with Crippen molar-refractivity contribution in [2.24, 2.45) is 0 Å². The lowest BCUT2D eigenvalue weighted by Gasteiger charge is -2.26. The number of fused-ring (bicyclic) bond motifs is 1. The summed E-state index contributed by atoms with van der Waals surface area (Å²) in [5, 5.41) is 5.61. The van der Waals surface area contributed by atoms with Gasteiger partial charge in [-0.1, -0.05) is 47.5 Å². The molecule has 0 radical (unpaired) electrons. The Hall–Kier alpha value is -2.64. The van der Waals surface area contributed by atoms with E-state index in [0.29, 0.717) is 16.6 Å². The number of rotatable bonds is 6. The van der Waals surface area contributed by atoms with Gasteiger partial charge in [-0.15, -0.1) is 0 Å². The second-order valence-corrected chi connectivity index (χ2v) is 8.69. The Balaban J connectivity index is 1.34. The summed E-state index contributed by atoms with van der Waals surface area (Å²) in [6.07, 6.45) is 1.55. The molecule has 0 unspecified atom stereocenters. The van der Waals surface area contributed by atoms with Crippen LogP contribution in [0.4, 0.5) is 5.82 Å². The maximum absolute atomic E-state index is 6.29. The van der Waals surface area contributed by atoms with Gasteiger partial charge in [0.1, 0.15) is 17.8 Å². The van der Waals surface area contributed by atoms with Gasteiger partial charge in [0.2, 0.25) is 0 Å². The van der Waals surface area contributed by atoms with Crippen LogP contribution in [0.1, 0.15) is 11.1 Å². The monoisotopic (exact) mass is 467 g/mol. The van der Waals surface area contributed by atoms with Crippen LogP contribution in [-0.4, -0.2) is 46.2 Å². The van der Waals surface area contributed by atoms with Gasteiger partial charge in [-0.2, -0.15) is 0 Å². The average Bonchev–Trinajstić information content (AvgIpc) is 3.26. The van der Waals surface area contributed by atoms with Gasteiger partial charge >= 0.3 is 0 Å². The lowest BCUT2D eigenvalue weighted by atomic mass is 10.1. The molecule has 6 nitrogen and oxygen atoms in total. The minimum absolute atomic E-state index is 0.516. The zero-order chi connectivity index (χ0) is 21.9. The van der Waals surface area contributed by atoms with Gasteiger partial charge in [0.05, 0.1) is 18.6 Å². The third-order valence-corrected chi connectivity index (χ3v) is 6.26. The lowest BCUT2D eigenvalue weighted by molar-refractivity contribution is 0.0342. The Morgan fingerprint density at radius 1 is 1.00 bits per heavy atom. The molecule has 32 heavy (non-hydrogen) atoms. The molecule has 3 heterocycles.